The SMILES string of the molecule is CCOc1cc(/C=N/NC(=O)CSc2nc(-c3ccccc3)cs2)ccc1OCc1ccccc1. The van der Waals surface area contributed by atoms with Crippen molar-refractivity contribution in [2.45, 2.75) is 17.9 Å². The molecule has 1 N–H and O–H groups in total. The van der Waals surface area contributed by atoms with Crippen molar-refractivity contribution in [1.29, 1.82) is 0 Å². The highest BCUT2D eigenvalue weighted by atomic mass is 32.2. The van der Waals surface area contributed by atoms with Crippen LogP contribution < -0.4 is 14.9 Å². The molecule has 0 aliphatic heterocycles. The van der Waals surface area contributed by atoms with E-state index in [1.54, 1.807) is 6.21 Å². The van der Waals surface area contributed by atoms with Crippen LogP contribution in [0.1, 0.15) is 18.1 Å². The highest BCUT2D eigenvalue weighted by Crippen LogP contribution is 2.29. The predicted octanol–water partition coefficient (Wildman–Crippen LogP) is 6.03. The van der Waals surface area contributed by atoms with Crippen LogP contribution in [0.5, 0.6) is 11.5 Å². The highest BCUT2D eigenvalue weighted by molar-refractivity contribution is 8.01. The number of benzene rings is 3. The van der Waals surface area contributed by atoms with Crippen molar-refractivity contribution in [2.75, 3.05) is 12.4 Å². The molecule has 178 valence electrons. The average molecular weight is 504 g/mol. The standard InChI is InChI=1S/C27H25N3O3S2/c1-2-32-25-15-21(13-14-24(25)33-17-20-9-5-3-6-10-20)16-28-30-26(31)19-35-27-29-23(18-34-27)22-11-7-4-8-12-22/h3-16,18H,2,17,19H2,1H3,(H,30,31)/b28-16+. The fraction of sp³-hybridized carbons (Fsp3) is 0.148. The van der Waals surface area contributed by atoms with E-state index in [2.05, 4.69) is 15.5 Å². The first kappa shape index (κ1) is 24.5. The molecular formula is C27H25N3O3S2. The van der Waals surface area contributed by atoms with Crippen LogP contribution in [0.4, 0.5) is 0 Å². The molecule has 0 bridgehead atoms. The second-order valence-corrected chi connectivity index (χ2v) is 9.44. The van der Waals surface area contributed by atoms with Gasteiger partial charge in [0.05, 0.1) is 24.3 Å². The zero-order chi connectivity index (χ0) is 24.3. The maximum Gasteiger partial charge on any atom is 0.250 e. The van der Waals surface area contributed by atoms with Crippen LogP contribution in [0.2, 0.25) is 0 Å². The average Bonchev–Trinajstić information content (AvgIpc) is 3.38. The van der Waals surface area contributed by atoms with E-state index in [0.29, 0.717) is 24.7 Å². The topological polar surface area (TPSA) is 72.8 Å². The summed E-state index contributed by atoms with van der Waals surface area (Å²) in [5.41, 5.74) is 6.42. The van der Waals surface area contributed by atoms with Crippen LogP contribution in [0.3, 0.4) is 0 Å². The van der Waals surface area contributed by atoms with E-state index < -0.39 is 0 Å². The molecule has 0 spiro atoms. The van der Waals surface area contributed by atoms with Gasteiger partial charge in [-0.3, -0.25) is 4.79 Å². The first-order chi connectivity index (χ1) is 17.2. The van der Waals surface area contributed by atoms with E-state index in [4.69, 9.17) is 9.47 Å². The molecule has 1 aromatic heterocycles. The van der Waals surface area contributed by atoms with Crippen molar-refractivity contribution >= 4 is 35.2 Å². The van der Waals surface area contributed by atoms with Crippen molar-refractivity contribution < 1.29 is 14.3 Å². The minimum atomic E-state index is -0.199. The maximum absolute atomic E-state index is 12.2. The Morgan fingerprint density at radius 3 is 2.57 bits per heavy atom. The number of hydrogen-bond acceptors (Lipinski definition) is 7. The van der Waals surface area contributed by atoms with Gasteiger partial charge in [0, 0.05) is 10.9 Å². The Bertz CT molecular complexity index is 1260. The molecule has 1 heterocycles. The summed E-state index contributed by atoms with van der Waals surface area (Å²) >= 11 is 2.91. The van der Waals surface area contributed by atoms with Gasteiger partial charge in [-0.15, -0.1) is 11.3 Å². The van der Waals surface area contributed by atoms with E-state index in [1.807, 2.05) is 91.2 Å². The number of rotatable bonds is 11. The highest BCUT2D eigenvalue weighted by Gasteiger charge is 2.09. The molecule has 0 saturated heterocycles. The number of hydrazone groups is 1. The van der Waals surface area contributed by atoms with Crippen molar-refractivity contribution in [3.05, 3.63) is 95.4 Å². The van der Waals surface area contributed by atoms with Crippen molar-refractivity contribution in [1.82, 2.24) is 10.4 Å². The van der Waals surface area contributed by atoms with Crippen molar-refractivity contribution in [3.8, 4) is 22.8 Å². The molecule has 3 aromatic carbocycles. The molecule has 0 aliphatic rings. The lowest BCUT2D eigenvalue weighted by atomic mass is 10.2. The van der Waals surface area contributed by atoms with Gasteiger partial charge in [0.2, 0.25) is 0 Å². The summed E-state index contributed by atoms with van der Waals surface area (Å²) in [5.74, 6) is 1.32. The number of amides is 1. The van der Waals surface area contributed by atoms with Gasteiger partial charge in [0.1, 0.15) is 6.61 Å². The molecule has 8 heteroatoms. The number of carbonyl (C=O) groups is 1. The third kappa shape index (κ3) is 7.43. The molecule has 0 saturated carbocycles. The predicted molar refractivity (Wildman–Crippen MR) is 142 cm³/mol. The molecule has 4 aromatic rings. The number of hydrogen-bond donors (Lipinski definition) is 1. The van der Waals surface area contributed by atoms with Crippen LogP contribution in [-0.2, 0) is 11.4 Å². The first-order valence-electron chi connectivity index (χ1n) is 11.1. The van der Waals surface area contributed by atoms with Crippen molar-refractivity contribution in [3.63, 3.8) is 0 Å². The molecule has 0 fully saturated rings. The summed E-state index contributed by atoms with van der Waals surface area (Å²) < 4.78 is 12.5. The van der Waals surface area contributed by atoms with Crippen LogP contribution in [-0.4, -0.2) is 29.5 Å². The second-order valence-electron chi connectivity index (χ2n) is 7.36. The van der Waals surface area contributed by atoms with Gasteiger partial charge in [-0.2, -0.15) is 5.10 Å². The summed E-state index contributed by atoms with van der Waals surface area (Å²) in [6.07, 6.45) is 1.59. The smallest absolute Gasteiger partial charge is 0.250 e. The molecule has 0 radical (unpaired) electrons. The Balaban J connectivity index is 1.28. The number of nitrogens with one attached hydrogen (secondary N) is 1. The number of carbonyl (C=O) groups excluding carboxylic acids is 1. The molecule has 35 heavy (non-hydrogen) atoms. The lowest BCUT2D eigenvalue weighted by Crippen LogP contribution is -2.19. The van der Waals surface area contributed by atoms with Gasteiger partial charge < -0.3 is 9.47 Å². The van der Waals surface area contributed by atoms with Gasteiger partial charge in [-0.25, -0.2) is 10.4 Å². The molecule has 4 rings (SSSR count). The maximum atomic E-state index is 12.2. The van der Waals surface area contributed by atoms with E-state index >= 15 is 0 Å². The number of thioether (sulfide) groups is 1. The number of nitrogens with zero attached hydrogens (tertiary/aromatic N) is 2. The summed E-state index contributed by atoms with van der Waals surface area (Å²) in [7, 11) is 0. The first-order valence-corrected chi connectivity index (χ1v) is 13.0. The van der Waals surface area contributed by atoms with Crippen molar-refractivity contribution in [2.24, 2.45) is 5.10 Å². The Kier molecular flexibility index (Phi) is 8.91. The fourth-order valence-corrected chi connectivity index (χ4v) is 4.76. The van der Waals surface area contributed by atoms with Crippen LogP contribution in [0, 0.1) is 0 Å². The quantitative estimate of drug-likeness (QED) is 0.154. The molecular weight excluding hydrogens is 478 g/mol. The summed E-state index contributed by atoms with van der Waals surface area (Å²) in [5, 5.41) is 6.08. The minimum Gasteiger partial charge on any atom is -0.490 e. The van der Waals surface area contributed by atoms with Gasteiger partial charge in [-0.1, -0.05) is 72.4 Å². The zero-order valence-electron chi connectivity index (χ0n) is 19.2. The summed E-state index contributed by atoms with van der Waals surface area (Å²) in [6, 6.07) is 25.5. The fourth-order valence-electron chi connectivity index (χ4n) is 3.13. The van der Waals surface area contributed by atoms with Gasteiger partial charge >= 0.3 is 0 Å². The van der Waals surface area contributed by atoms with Crippen LogP contribution in [0.25, 0.3) is 11.3 Å². The molecule has 0 atom stereocenters. The Morgan fingerprint density at radius 1 is 1.03 bits per heavy atom. The third-order valence-corrected chi connectivity index (χ3v) is 6.81. The van der Waals surface area contributed by atoms with Gasteiger partial charge in [-0.05, 0) is 36.2 Å². The van der Waals surface area contributed by atoms with E-state index in [0.717, 1.165) is 26.7 Å². The third-order valence-electron chi connectivity index (χ3n) is 4.79. The lowest BCUT2D eigenvalue weighted by molar-refractivity contribution is -0.118. The monoisotopic (exact) mass is 503 g/mol. The molecule has 0 unspecified atom stereocenters. The number of aromatic nitrogens is 1. The largest absolute Gasteiger partial charge is 0.490 e. The van der Waals surface area contributed by atoms with Crippen LogP contribution >= 0.6 is 23.1 Å². The Morgan fingerprint density at radius 2 is 1.80 bits per heavy atom. The van der Waals surface area contributed by atoms with E-state index in [9.17, 15) is 4.79 Å². The number of thiazole rings is 1. The van der Waals surface area contributed by atoms with Crippen LogP contribution in [0.15, 0.2) is 93.7 Å². The van der Waals surface area contributed by atoms with E-state index in [1.165, 1.54) is 23.1 Å². The normalized spacial score (nSPS) is 10.9. The molecule has 0 aliphatic carbocycles. The minimum absolute atomic E-state index is 0.199. The second kappa shape index (κ2) is 12.7. The zero-order valence-corrected chi connectivity index (χ0v) is 20.9. The summed E-state index contributed by atoms with van der Waals surface area (Å²) in [4.78, 5) is 16.8. The van der Waals surface area contributed by atoms with Gasteiger partial charge in [0.15, 0.2) is 15.8 Å². The lowest BCUT2D eigenvalue weighted by Gasteiger charge is -2.12. The Hall–Kier alpha value is -3.62. The van der Waals surface area contributed by atoms with Gasteiger partial charge in [0.25, 0.3) is 5.91 Å². The Labute approximate surface area is 213 Å². The number of ether oxygens (including phenoxy) is 2. The van der Waals surface area contributed by atoms with E-state index in [-0.39, 0.29) is 11.7 Å². The molecule has 1 amide bonds. The molecule has 6 nitrogen and oxygen atoms in total. The summed E-state index contributed by atoms with van der Waals surface area (Å²) in [6.45, 7) is 2.89.